The van der Waals surface area contributed by atoms with E-state index in [1.54, 1.807) is 12.1 Å². The van der Waals surface area contributed by atoms with Crippen molar-refractivity contribution in [3.8, 4) is 5.75 Å². The molecular formula is C22H31N3O4S. The van der Waals surface area contributed by atoms with Gasteiger partial charge >= 0.3 is 0 Å². The predicted molar refractivity (Wildman–Crippen MR) is 118 cm³/mol. The predicted octanol–water partition coefficient (Wildman–Crippen LogP) is 4.12. The molecule has 1 fully saturated rings. The summed E-state index contributed by atoms with van der Waals surface area (Å²) < 4.78 is 35.3. The molecule has 0 spiro atoms. The molecule has 7 nitrogen and oxygen atoms in total. The molecule has 1 aromatic carbocycles. The Bertz CT molecular complexity index is 1030. The zero-order valence-corrected chi connectivity index (χ0v) is 19.2. The van der Waals surface area contributed by atoms with E-state index in [1.165, 1.54) is 17.5 Å². The summed E-state index contributed by atoms with van der Waals surface area (Å²) in [7, 11) is -2.25. The van der Waals surface area contributed by atoms with Crippen LogP contribution in [-0.4, -0.2) is 43.4 Å². The van der Waals surface area contributed by atoms with Crippen molar-refractivity contribution >= 4 is 21.6 Å². The highest BCUT2D eigenvalue weighted by Crippen LogP contribution is 2.31. The van der Waals surface area contributed by atoms with Crippen molar-refractivity contribution in [2.75, 3.05) is 25.5 Å². The molecule has 1 aromatic heterocycles. The minimum Gasteiger partial charge on any atom is -0.495 e. The Kier molecular flexibility index (Phi) is 6.57. The van der Waals surface area contributed by atoms with E-state index < -0.39 is 10.0 Å². The number of sulfonamides is 1. The first kappa shape index (κ1) is 22.4. The number of carbonyl (C=O) groups excluding carboxylic acids is 1. The van der Waals surface area contributed by atoms with Gasteiger partial charge in [0.15, 0.2) is 0 Å². The number of aryl methyl sites for hydroxylation is 1. The number of nitrogens with zero attached hydrogens (tertiary/aromatic N) is 2. The summed E-state index contributed by atoms with van der Waals surface area (Å²) in [5.41, 5.74) is 2.90. The number of hydrogen-bond acceptors (Lipinski definition) is 4. The van der Waals surface area contributed by atoms with Crippen molar-refractivity contribution in [1.29, 1.82) is 0 Å². The first-order valence-corrected chi connectivity index (χ1v) is 11.8. The molecule has 0 aliphatic carbocycles. The van der Waals surface area contributed by atoms with Crippen molar-refractivity contribution in [3.05, 3.63) is 41.2 Å². The van der Waals surface area contributed by atoms with Gasteiger partial charge in [0.1, 0.15) is 10.6 Å². The molecule has 3 rings (SSSR count). The Hall–Kier alpha value is -2.32. The van der Waals surface area contributed by atoms with Gasteiger partial charge in [0.25, 0.3) is 5.91 Å². The van der Waals surface area contributed by atoms with Gasteiger partial charge in [-0.1, -0.05) is 6.42 Å². The van der Waals surface area contributed by atoms with Crippen LogP contribution in [0.15, 0.2) is 29.2 Å². The monoisotopic (exact) mass is 433 g/mol. The van der Waals surface area contributed by atoms with Gasteiger partial charge in [-0.2, -0.15) is 4.31 Å². The highest BCUT2D eigenvalue weighted by Gasteiger charge is 2.29. The Morgan fingerprint density at radius 3 is 2.33 bits per heavy atom. The average molecular weight is 434 g/mol. The Morgan fingerprint density at radius 2 is 1.77 bits per heavy atom. The first-order valence-electron chi connectivity index (χ1n) is 10.3. The molecule has 2 aromatic rings. The van der Waals surface area contributed by atoms with Crippen LogP contribution in [0.4, 0.5) is 5.69 Å². The van der Waals surface area contributed by atoms with E-state index in [0.717, 1.165) is 30.7 Å². The van der Waals surface area contributed by atoms with Crippen LogP contribution in [0.3, 0.4) is 0 Å². The minimum absolute atomic E-state index is 0.0809. The van der Waals surface area contributed by atoms with E-state index in [1.807, 2.05) is 19.9 Å². The number of carbonyl (C=O) groups is 1. The fourth-order valence-corrected chi connectivity index (χ4v) is 5.90. The molecule has 0 saturated carbocycles. The molecule has 2 heterocycles. The standard InChI is InChI=1S/C22H31N3O4S/c1-15(2)25-16(3)13-19(17(25)4)22(26)23-18-9-10-20(29-5)21(14-18)30(27,28)24-11-7-6-8-12-24/h9-10,13-15H,6-8,11-12H2,1-5H3,(H,23,26). The van der Waals surface area contributed by atoms with Crippen molar-refractivity contribution < 1.29 is 17.9 Å². The number of aromatic nitrogens is 1. The van der Waals surface area contributed by atoms with Crippen molar-refractivity contribution in [3.63, 3.8) is 0 Å². The maximum absolute atomic E-state index is 13.2. The summed E-state index contributed by atoms with van der Waals surface area (Å²) in [6, 6.07) is 6.84. The van der Waals surface area contributed by atoms with Crippen LogP contribution in [0.25, 0.3) is 0 Å². The number of nitrogens with one attached hydrogen (secondary N) is 1. The fourth-order valence-electron chi connectivity index (χ4n) is 4.20. The first-order chi connectivity index (χ1) is 14.2. The van der Waals surface area contributed by atoms with Crippen molar-refractivity contribution in [2.45, 2.75) is 57.9 Å². The molecule has 0 atom stereocenters. The van der Waals surface area contributed by atoms with Crippen LogP contribution in [0.1, 0.15) is 60.9 Å². The van der Waals surface area contributed by atoms with Crippen LogP contribution in [0.5, 0.6) is 5.75 Å². The van der Waals surface area contributed by atoms with E-state index in [0.29, 0.717) is 24.3 Å². The van der Waals surface area contributed by atoms with Gasteiger partial charge in [-0.15, -0.1) is 0 Å². The van der Waals surface area contributed by atoms with Crippen LogP contribution in [0.2, 0.25) is 0 Å². The molecule has 30 heavy (non-hydrogen) atoms. The number of amides is 1. The molecule has 1 amide bonds. The number of methoxy groups -OCH3 is 1. The lowest BCUT2D eigenvalue weighted by molar-refractivity contribution is 0.102. The van der Waals surface area contributed by atoms with E-state index >= 15 is 0 Å². The molecule has 164 valence electrons. The maximum atomic E-state index is 13.2. The topological polar surface area (TPSA) is 80.6 Å². The summed E-state index contributed by atoms with van der Waals surface area (Å²) in [4.78, 5) is 13.0. The number of hydrogen-bond donors (Lipinski definition) is 1. The van der Waals surface area contributed by atoms with Crippen LogP contribution >= 0.6 is 0 Å². The molecule has 0 bridgehead atoms. The fraction of sp³-hybridized carbons (Fsp3) is 0.500. The summed E-state index contributed by atoms with van der Waals surface area (Å²) >= 11 is 0. The summed E-state index contributed by atoms with van der Waals surface area (Å²) in [6.45, 7) is 9.04. The Labute approximate surface area is 179 Å². The van der Waals surface area contributed by atoms with Gasteiger partial charge in [-0.3, -0.25) is 4.79 Å². The van der Waals surface area contributed by atoms with Crippen LogP contribution < -0.4 is 10.1 Å². The quantitative estimate of drug-likeness (QED) is 0.743. The SMILES string of the molecule is COc1ccc(NC(=O)c2cc(C)n(C(C)C)c2C)cc1S(=O)(=O)N1CCCCC1. The third-order valence-corrected chi connectivity index (χ3v) is 7.52. The number of rotatable bonds is 6. The minimum atomic E-state index is -3.70. The lowest BCUT2D eigenvalue weighted by atomic mass is 10.2. The van der Waals surface area contributed by atoms with Gasteiger partial charge < -0.3 is 14.6 Å². The zero-order chi connectivity index (χ0) is 22.1. The third kappa shape index (κ3) is 4.25. The molecule has 8 heteroatoms. The van der Waals surface area contributed by atoms with Gasteiger partial charge in [0.2, 0.25) is 10.0 Å². The lowest BCUT2D eigenvalue weighted by Crippen LogP contribution is -2.35. The second-order valence-corrected chi connectivity index (χ2v) is 9.94. The summed E-state index contributed by atoms with van der Waals surface area (Å²) in [5, 5.41) is 2.85. The van der Waals surface area contributed by atoms with Crippen LogP contribution in [0, 0.1) is 13.8 Å². The second kappa shape index (κ2) is 8.81. The van der Waals surface area contributed by atoms with Gasteiger partial charge in [0.05, 0.1) is 12.7 Å². The van der Waals surface area contributed by atoms with Gasteiger partial charge in [0, 0.05) is 36.2 Å². The maximum Gasteiger partial charge on any atom is 0.257 e. The Morgan fingerprint density at radius 1 is 1.10 bits per heavy atom. The molecule has 1 N–H and O–H groups in total. The zero-order valence-electron chi connectivity index (χ0n) is 18.4. The molecule has 1 aliphatic heterocycles. The van der Waals surface area contributed by atoms with Gasteiger partial charge in [-0.05, 0) is 64.8 Å². The van der Waals surface area contributed by atoms with Crippen LogP contribution in [-0.2, 0) is 10.0 Å². The van der Waals surface area contributed by atoms with Crippen molar-refractivity contribution in [2.24, 2.45) is 0 Å². The molecular weight excluding hydrogens is 402 g/mol. The molecule has 0 radical (unpaired) electrons. The van der Waals surface area contributed by atoms with E-state index in [9.17, 15) is 13.2 Å². The van der Waals surface area contributed by atoms with Crippen molar-refractivity contribution in [1.82, 2.24) is 8.87 Å². The molecule has 1 saturated heterocycles. The highest BCUT2D eigenvalue weighted by atomic mass is 32.2. The van der Waals surface area contributed by atoms with E-state index in [4.69, 9.17) is 4.74 Å². The normalized spacial score (nSPS) is 15.4. The number of piperidine rings is 1. The lowest BCUT2D eigenvalue weighted by Gasteiger charge is -2.26. The Balaban J connectivity index is 1.92. The number of benzene rings is 1. The van der Waals surface area contributed by atoms with E-state index in [-0.39, 0.29) is 22.6 Å². The van der Waals surface area contributed by atoms with E-state index in [2.05, 4.69) is 23.7 Å². The highest BCUT2D eigenvalue weighted by molar-refractivity contribution is 7.89. The summed E-state index contributed by atoms with van der Waals surface area (Å²) in [6.07, 6.45) is 2.74. The average Bonchev–Trinajstić information content (AvgIpc) is 3.02. The third-order valence-electron chi connectivity index (χ3n) is 5.60. The second-order valence-electron chi connectivity index (χ2n) is 8.03. The smallest absolute Gasteiger partial charge is 0.257 e. The largest absolute Gasteiger partial charge is 0.495 e. The van der Waals surface area contributed by atoms with Gasteiger partial charge in [-0.25, -0.2) is 8.42 Å². The number of anilines is 1. The summed E-state index contributed by atoms with van der Waals surface area (Å²) in [5.74, 6) is 0.0121. The number of ether oxygens (including phenoxy) is 1. The molecule has 0 unspecified atom stereocenters. The molecule has 1 aliphatic rings.